The zero-order valence-corrected chi connectivity index (χ0v) is 14.4. The highest BCUT2D eigenvalue weighted by Crippen LogP contribution is 2.30. The largest absolute Gasteiger partial charge is 0.349 e. The number of rotatable bonds is 4. The third kappa shape index (κ3) is 2.89. The van der Waals surface area contributed by atoms with Crippen LogP contribution in [0.15, 0.2) is 17.2 Å². The minimum absolute atomic E-state index is 0.0168. The quantitative estimate of drug-likeness (QED) is 0.794. The van der Waals surface area contributed by atoms with Crippen molar-refractivity contribution in [3.05, 3.63) is 18.0 Å². The normalized spacial score (nSPS) is 25.0. The van der Waals surface area contributed by atoms with Crippen LogP contribution in [-0.4, -0.2) is 40.9 Å². The fourth-order valence-corrected chi connectivity index (χ4v) is 5.74. The summed E-state index contributed by atoms with van der Waals surface area (Å²) in [4.78, 5) is 0.362. The molecule has 0 radical (unpaired) electrons. The molecule has 1 aliphatic rings. The van der Waals surface area contributed by atoms with Crippen LogP contribution in [0.5, 0.6) is 0 Å². The van der Waals surface area contributed by atoms with Gasteiger partial charge in [-0.25, -0.2) is 8.42 Å². The van der Waals surface area contributed by atoms with Crippen molar-refractivity contribution in [1.82, 2.24) is 8.87 Å². The van der Waals surface area contributed by atoms with Crippen LogP contribution in [0.4, 0.5) is 0 Å². The lowest BCUT2D eigenvalue weighted by atomic mass is 10.2. The first-order chi connectivity index (χ1) is 9.41. The first-order valence-electron chi connectivity index (χ1n) is 6.80. The van der Waals surface area contributed by atoms with Crippen molar-refractivity contribution in [2.24, 2.45) is 0 Å². The van der Waals surface area contributed by atoms with Crippen molar-refractivity contribution in [3.8, 4) is 0 Å². The molecule has 0 aromatic carbocycles. The summed E-state index contributed by atoms with van der Waals surface area (Å²) >= 11 is 7.71. The molecule has 20 heavy (non-hydrogen) atoms. The highest BCUT2D eigenvalue weighted by molar-refractivity contribution is 8.00. The molecule has 2 atom stereocenters. The van der Waals surface area contributed by atoms with Crippen LogP contribution in [0.2, 0.25) is 0 Å². The van der Waals surface area contributed by atoms with Crippen LogP contribution in [0, 0.1) is 0 Å². The number of aryl methyl sites for hydroxylation is 1. The maximum Gasteiger partial charge on any atom is 0.244 e. The Hall–Kier alpha value is -0.170. The van der Waals surface area contributed by atoms with E-state index < -0.39 is 10.0 Å². The van der Waals surface area contributed by atoms with E-state index in [1.807, 2.05) is 30.2 Å². The van der Waals surface area contributed by atoms with Gasteiger partial charge in [-0.1, -0.05) is 6.92 Å². The minimum atomic E-state index is -3.43. The Labute approximate surface area is 130 Å². The molecule has 1 saturated heterocycles. The number of aromatic nitrogens is 1. The molecule has 0 aliphatic carbocycles. The fourth-order valence-electron chi connectivity index (χ4n) is 2.45. The summed E-state index contributed by atoms with van der Waals surface area (Å²) < 4.78 is 29.1. The summed E-state index contributed by atoms with van der Waals surface area (Å²) in [6.45, 7) is 7.34. The standard InChI is InChI=1S/C13H21ClN2O2S2/c1-4-15-9-13(7-12(15)8-14)20(17,18)16-5-6-19-11(3)10(16)2/h7,9-11H,4-6,8H2,1-3H3. The third-order valence-corrected chi connectivity index (χ3v) is 7.43. The average molecular weight is 337 g/mol. The molecule has 0 amide bonds. The molecule has 1 fully saturated rings. The molecule has 0 spiro atoms. The summed E-state index contributed by atoms with van der Waals surface area (Å²) in [5, 5.41) is 0.319. The summed E-state index contributed by atoms with van der Waals surface area (Å²) in [7, 11) is -3.43. The first-order valence-corrected chi connectivity index (χ1v) is 9.82. The number of sulfonamides is 1. The second kappa shape index (κ2) is 6.30. The number of alkyl halides is 1. The van der Waals surface area contributed by atoms with Gasteiger partial charge < -0.3 is 4.57 Å². The topological polar surface area (TPSA) is 42.3 Å². The maximum absolute atomic E-state index is 12.8. The predicted molar refractivity (Wildman–Crippen MR) is 84.9 cm³/mol. The molecule has 1 aromatic heterocycles. The smallest absolute Gasteiger partial charge is 0.244 e. The zero-order chi connectivity index (χ0) is 14.9. The van der Waals surface area contributed by atoms with Gasteiger partial charge >= 0.3 is 0 Å². The van der Waals surface area contributed by atoms with E-state index in [0.29, 0.717) is 22.6 Å². The molecule has 7 heteroatoms. The molecule has 1 aliphatic heterocycles. The lowest BCUT2D eigenvalue weighted by Gasteiger charge is -2.36. The van der Waals surface area contributed by atoms with Crippen molar-refractivity contribution < 1.29 is 8.42 Å². The second-order valence-electron chi connectivity index (χ2n) is 5.02. The van der Waals surface area contributed by atoms with Gasteiger partial charge in [0.25, 0.3) is 0 Å². The molecule has 2 rings (SSSR count). The number of hydrogen-bond acceptors (Lipinski definition) is 3. The molecule has 4 nitrogen and oxygen atoms in total. The highest BCUT2D eigenvalue weighted by atomic mass is 35.5. The summed E-state index contributed by atoms with van der Waals surface area (Å²) in [5.41, 5.74) is 0.847. The van der Waals surface area contributed by atoms with Gasteiger partial charge in [0.15, 0.2) is 0 Å². The molecule has 2 heterocycles. The van der Waals surface area contributed by atoms with Crippen LogP contribution in [0.3, 0.4) is 0 Å². The van der Waals surface area contributed by atoms with Crippen molar-refractivity contribution in [3.63, 3.8) is 0 Å². The van der Waals surface area contributed by atoms with Gasteiger partial charge in [-0.05, 0) is 19.9 Å². The summed E-state index contributed by atoms with van der Waals surface area (Å²) in [5.74, 6) is 1.17. The van der Waals surface area contributed by atoms with Crippen LogP contribution in [0.1, 0.15) is 26.5 Å². The number of halogens is 1. The van der Waals surface area contributed by atoms with Crippen molar-refractivity contribution in [2.75, 3.05) is 12.3 Å². The monoisotopic (exact) mass is 336 g/mol. The lowest BCUT2D eigenvalue weighted by molar-refractivity contribution is 0.340. The van der Waals surface area contributed by atoms with E-state index in [9.17, 15) is 8.42 Å². The Kier molecular flexibility index (Phi) is 5.10. The van der Waals surface area contributed by atoms with Gasteiger partial charge in [0.05, 0.1) is 5.88 Å². The van der Waals surface area contributed by atoms with Crippen molar-refractivity contribution in [2.45, 2.75) is 49.4 Å². The molecule has 1 aromatic rings. The lowest BCUT2D eigenvalue weighted by Crippen LogP contribution is -2.47. The number of hydrogen-bond donors (Lipinski definition) is 0. The van der Waals surface area contributed by atoms with Crippen LogP contribution in [-0.2, 0) is 22.4 Å². The van der Waals surface area contributed by atoms with E-state index in [-0.39, 0.29) is 6.04 Å². The molecular weight excluding hydrogens is 316 g/mol. The van der Waals surface area contributed by atoms with Gasteiger partial charge in [-0.15, -0.1) is 11.6 Å². The molecule has 2 unspecified atom stereocenters. The Morgan fingerprint density at radius 2 is 2.15 bits per heavy atom. The van der Waals surface area contributed by atoms with Gasteiger partial charge in [0.2, 0.25) is 10.0 Å². The van der Waals surface area contributed by atoms with E-state index in [1.165, 1.54) is 0 Å². The highest BCUT2D eigenvalue weighted by Gasteiger charge is 2.35. The summed E-state index contributed by atoms with van der Waals surface area (Å²) in [6.07, 6.45) is 1.70. The molecule has 0 bridgehead atoms. The molecule has 0 N–H and O–H groups in total. The SMILES string of the molecule is CCn1cc(S(=O)(=O)N2CCSC(C)C2C)cc1CCl. The second-order valence-corrected chi connectivity index (χ2v) is 8.66. The Balaban J connectivity index is 2.37. The fraction of sp³-hybridized carbons (Fsp3) is 0.692. The van der Waals surface area contributed by atoms with Crippen LogP contribution >= 0.6 is 23.4 Å². The van der Waals surface area contributed by atoms with E-state index in [0.717, 1.165) is 18.0 Å². The van der Waals surface area contributed by atoms with E-state index >= 15 is 0 Å². The molecular formula is C13H21ClN2O2S2. The van der Waals surface area contributed by atoms with Gasteiger partial charge in [-0.3, -0.25) is 0 Å². The number of nitrogens with zero attached hydrogens (tertiary/aromatic N) is 2. The van der Waals surface area contributed by atoms with Crippen molar-refractivity contribution >= 4 is 33.4 Å². The Morgan fingerprint density at radius 1 is 1.45 bits per heavy atom. The maximum atomic E-state index is 12.8. The number of thioether (sulfide) groups is 1. The van der Waals surface area contributed by atoms with Gasteiger partial charge in [-0.2, -0.15) is 16.1 Å². The van der Waals surface area contributed by atoms with Gasteiger partial charge in [0, 0.05) is 42.0 Å². The Bertz CT molecular complexity index is 549. The predicted octanol–water partition coefficient (Wildman–Crippen LogP) is 2.76. The molecule has 114 valence electrons. The van der Waals surface area contributed by atoms with Gasteiger partial charge in [0.1, 0.15) is 4.90 Å². The average Bonchev–Trinajstić information content (AvgIpc) is 2.85. The Morgan fingerprint density at radius 3 is 2.70 bits per heavy atom. The molecule has 0 saturated carbocycles. The van der Waals surface area contributed by atoms with Crippen LogP contribution < -0.4 is 0 Å². The minimum Gasteiger partial charge on any atom is -0.349 e. The van der Waals surface area contributed by atoms with E-state index in [4.69, 9.17) is 11.6 Å². The first kappa shape index (κ1) is 16.2. The zero-order valence-electron chi connectivity index (χ0n) is 12.0. The summed E-state index contributed by atoms with van der Waals surface area (Å²) in [6, 6.07) is 1.72. The van der Waals surface area contributed by atoms with E-state index in [1.54, 1.807) is 16.6 Å². The third-order valence-electron chi connectivity index (χ3n) is 3.87. The van der Waals surface area contributed by atoms with Crippen molar-refractivity contribution in [1.29, 1.82) is 0 Å². The van der Waals surface area contributed by atoms with Crippen LogP contribution in [0.25, 0.3) is 0 Å². The van der Waals surface area contributed by atoms with E-state index in [2.05, 4.69) is 6.92 Å².